The Bertz CT molecular complexity index is 375. The predicted octanol–water partition coefficient (Wildman–Crippen LogP) is 0.265. The van der Waals surface area contributed by atoms with Gasteiger partial charge in [0.25, 0.3) is 11.7 Å². The number of hydrogen-bond acceptors (Lipinski definition) is 3. The molecule has 1 aromatic rings. The number of amides is 1. The van der Waals surface area contributed by atoms with E-state index in [2.05, 4.69) is 0 Å². The summed E-state index contributed by atoms with van der Waals surface area (Å²) in [7, 11) is 1.52. The zero-order valence-electron chi connectivity index (χ0n) is 7.60. The second-order valence-corrected chi connectivity index (χ2v) is 3.19. The Labute approximate surface area is 80.8 Å². The third kappa shape index (κ3) is 1.04. The first-order valence-corrected chi connectivity index (χ1v) is 4.22. The number of hydrogen-bond donors (Lipinski definition) is 1. The number of anilines is 1. The minimum atomic E-state index is -1.31. The zero-order valence-corrected chi connectivity index (χ0v) is 7.60. The largest absolute Gasteiger partial charge is 0.380 e. The monoisotopic (exact) mass is 191 g/mol. The van der Waals surface area contributed by atoms with Crippen LogP contribution in [0, 0.1) is 0 Å². The molecule has 1 aliphatic rings. The van der Waals surface area contributed by atoms with Gasteiger partial charge in [-0.1, -0.05) is 18.2 Å². The fraction of sp³-hybridized carbons (Fsp3) is 0.200. The van der Waals surface area contributed by atoms with Gasteiger partial charge in [0.1, 0.15) is 6.10 Å². The van der Waals surface area contributed by atoms with E-state index in [0.717, 1.165) is 0 Å². The number of fused-ring (bicyclic) bond motifs is 1. The van der Waals surface area contributed by atoms with Crippen LogP contribution in [0.4, 0.5) is 5.69 Å². The van der Waals surface area contributed by atoms with Gasteiger partial charge in [-0.25, -0.2) is 0 Å². The summed E-state index contributed by atoms with van der Waals surface area (Å²) in [5, 5.41) is 9.52. The Hall–Kier alpha value is -1.68. The molecule has 4 nitrogen and oxygen atoms in total. The summed E-state index contributed by atoms with van der Waals surface area (Å²) < 4.78 is 0. The minimum absolute atomic E-state index is 0.486. The van der Waals surface area contributed by atoms with Crippen molar-refractivity contribution < 1.29 is 14.7 Å². The predicted molar refractivity (Wildman–Crippen MR) is 49.8 cm³/mol. The Morgan fingerprint density at radius 2 is 1.93 bits per heavy atom. The van der Waals surface area contributed by atoms with Crippen LogP contribution in [-0.4, -0.2) is 23.8 Å². The van der Waals surface area contributed by atoms with E-state index in [0.29, 0.717) is 11.3 Å². The van der Waals surface area contributed by atoms with Gasteiger partial charge in [0.2, 0.25) is 0 Å². The van der Waals surface area contributed by atoms with E-state index in [1.165, 1.54) is 11.9 Å². The molecule has 0 bridgehead atoms. The highest BCUT2D eigenvalue weighted by Gasteiger charge is 2.35. The number of rotatable bonds is 0. The second kappa shape index (κ2) is 2.92. The van der Waals surface area contributed by atoms with Crippen LogP contribution in [0.2, 0.25) is 0 Å². The molecule has 72 valence electrons. The molecular formula is C10H9NO3. The number of nitrogens with zero attached hydrogens (tertiary/aromatic N) is 1. The highest BCUT2D eigenvalue weighted by molar-refractivity contribution is 6.44. The molecule has 0 radical (unpaired) electrons. The first-order chi connectivity index (χ1) is 6.63. The summed E-state index contributed by atoms with van der Waals surface area (Å²) in [6, 6.07) is 6.81. The Morgan fingerprint density at radius 3 is 2.64 bits per heavy atom. The van der Waals surface area contributed by atoms with Crippen molar-refractivity contribution in [1.82, 2.24) is 0 Å². The van der Waals surface area contributed by atoms with Crippen molar-refractivity contribution in [2.75, 3.05) is 11.9 Å². The number of aliphatic hydroxyl groups is 1. The maximum absolute atomic E-state index is 11.3. The summed E-state index contributed by atoms with van der Waals surface area (Å²) in [5.41, 5.74) is 1.07. The standard InChI is InChI=1S/C10H9NO3/c1-11-7-5-3-2-4-6(7)8(12)9(13)10(11)14/h2-5,8,12H,1H3. The average molecular weight is 191 g/mol. The molecule has 1 aromatic carbocycles. The van der Waals surface area contributed by atoms with E-state index in [9.17, 15) is 14.7 Å². The molecule has 1 heterocycles. The summed E-state index contributed by atoms with van der Waals surface area (Å²) in [6.45, 7) is 0. The van der Waals surface area contributed by atoms with Gasteiger partial charge in [0.15, 0.2) is 0 Å². The molecule has 14 heavy (non-hydrogen) atoms. The molecule has 0 spiro atoms. The van der Waals surface area contributed by atoms with E-state index in [1.807, 2.05) is 0 Å². The summed E-state index contributed by atoms with van der Waals surface area (Å²) in [5.74, 6) is -1.44. The van der Waals surface area contributed by atoms with Gasteiger partial charge >= 0.3 is 0 Å². The highest BCUT2D eigenvalue weighted by atomic mass is 16.3. The van der Waals surface area contributed by atoms with Crippen LogP contribution in [0.15, 0.2) is 24.3 Å². The van der Waals surface area contributed by atoms with Gasteiger partial charge in [-0.3, -0.25) is 9.59 Å². The Balaban J connectivity index is 2.62. The zero-order chi connectivity index (χ0) is 10.3. The lowest BCUT2D eigenvalue weighted by atomic mass is 9.98. The van der Waals surface area contributed by atoms with Crippen molar-refractivity contribution in [3.63, 3.8) is 0 Å². The Morgan fingerprint density at radius 1 is 1.29 bits per heavy atom. The molecule has 1 amide bonds. The molecule has 2 rings (SSSR count). The number of likely N-dealkylation sites (N-methyl/N-ethyl adjacent to an activating group) is 1. The van der Waals surface area contributed by atoms with Gasteiger partial charge in [-0.2, -0.15) is 0 Å². The van der Waals surface area contributed by atoms with Crippen LogP contribution in [0.1, 0.15) is 11.7 Å². The van der Waals surface area contributed by atoms with E-state index >= 15 is 0 Å². The third-order valence-electron chi connectivity index (χ3n) is 2.36. The average Bonchev–Trinajstić information content (AvgIpc) is 2.23. The number of Topliss-reactive ketones (excluding diaryl/α,β-unsaturated/α-hetero) is 1. The fourth-order valence-corrected chi connectivity index (χ4v) is 1.56. The van der Waals surface area contributed by atoms with E-state index in [4.69, 9.17) is 0 Å². The molecule has 0 saturated heterocycles. The molecule has 1 aliphatic heterocycles. The topological polar surface area (TPSA) is 57.6 Å². The van der Waals surface area contributed by atoms with E-state index in [1.54, 1.807) is 24.3 Å². The molecule has 0 fully saturated rings. The quantitative estimate of drug-likeness (QED) is 0.598. The van der Waals surface area contributed by atoms with E-state index in [-0.39, 0.29) is 0 Å². The van der Waals surface area contributed by atoms with Crippen molar-refractivity contribution in [3.8, 4) is 0 Å². The van der Waals surface area contributed by atoms with Crippen LogP contribution in [0.25, 0.3) is 0 Å². The summed E-state index contributed by atoms with van der Waals surface area (Å²) in [4.78, 5) is 23.8. The molecule has 4 heteroatoms. The third-order valence-corrected chi connectivity index (χ3v) is 2.36. The highest BCUT2D eigenvalue weighted by Crippen LogP contribution is 2.30. The van der Waals surface area contributed by atoms with Crippen LogP contribution in [0.3, 0.4) is 0 Å². The van der Waals surface area contributed by atoms with Crippen molar-refractivity contribution in [3.05, 3.63) is 29.8 Å². The molecule has 0 saturated carbocycles. The lowest BCUT2D eigenvalue weighted by molar-refractivity contribution is -0.142. The van der Waals surface area contributed by atoms with Gasteiger partial charge < -0.3 is 10.0 Å². The Kier molecular flexibility index (Phi) is 1.86. The summed E-state index contributed by atoms with van der Waals surface area (Å²) >= 11 is 0. The molecule has 0 aliphatic carbocycles. The van der Waals surface area contributed by atoms with Gasteiger partial charge in [0, 0.05) is 18.3 Å². The van der Waals surface area contributed by atoms with Crippen LogP contribution in [-0.2, 0) is 9.59 Å². The van der Waals surface area contributed by atoms with Crippen LogP contribution in [0.5, 0.6) is 0 Å². The van der Waals surface area contributed by atoms with E-state index < -0.39 is 17.8 Å². The van der Waals surface area contributed by atoms with Crippen molar-refractivity contribution in [2.45, 2.75) is 6.10 Å². The molecule has 0 aromatic heterocycles. The lowest BCUT2D eigenvalue weighted by Crippen LogP contribution is -2.41. The minimum Gasteiger partial charge on any atom is -0.380 e. The van der Waals surface area contributed by atoms with Crippen molar-refractivity contribution in [2.24, 2.45) is 0 Å². The molecule has 1 atom stereocenters. The number of para-hydroxylation sites is 1. The van der Waals surface area contributed by atoms with Crippen molar-refractivity contribution in [1.29, 1.82) is 0 Å². The SMILES string of the molecule is CN1C(=O)C(=O)C(O)c2ccccc21. The fourth-order valence-electron chi connectivity index (χ4n) is 1.56. The smallest absolute Gasteiger partial charge is 0.297 e. The number of carbonyl (C=O) groups excluding carboxylic acids is 2. The van der Waals surface area contributed by atoms with Crippen LogP contribution < -0.4 is 4.90 Å². The number of benzene rings is 1. The number of ketones is 1. The maximum Gasteiger partial charge on any atom is 0.297 e. The summed E-state index contributed by atoms with van der Waals surface area (Å²) in [6.07, 6.45) is -1.31. The maximum atomic E-state index is 11.3. The number of aliphatic hydroxyl groups excluding tert-OH is 1. The van der Waals surface area contributed by atoms with Gasteiger partial charge in [-0.15, -0.1) is 0 Å². The normalized spacial score (nSPS) is 21.0. The van der Waals surface area contributed by atoms with Crippen molar-refractivity contribution >= 4 is 17.4 Å². The van der Waals surface area contributed by atoms with Crippen LogP contribution >= 0.6 is 0 Å². The molecule has 1 unspecified atom stereocenters. The number of carbonyl (C=O) groups is 2. The first-order valence-electron chi connectivity index (χ1n) is 4.22. The molecule has 1 N–H and O–H groups in total. The van der Waals surface area contributed by atoms with Gasteiger partial charge in [0.05, 0.1) is 0 Å². The van der Waals surface area contributed by atoms with Gasteiger partial charge in [-0.05, 0) is 6.07 Å². The molecular weight excluding hydrogens is 182 g/mol. The first kappa shape index (κ1) is 8.90. The second-order valence-electron chi connectivity index (χ2n) is 3.19. The lowest BCUT2D eigenvalue weighted by Gasteiger charge is -2.27.